The van der Waals surface area contributed by atoms with E-state index < -0.39 is 0 Å². The average molecular weight is 463 g/mol. The molecule has 2 aromatic carbocycles. The minimum Gasteiger partial charge on any atom is -0.349 e. The van der Waals surface area contributed by atoms with Gasteiger partial charge in [0, 0.05) is 11.6 Å². The fraction of sp³-hybridized carbons (Fsp3) is 0.444. The van der Waals surface area contributed by atoms with Crippen molar-refractivity contribution in [3.05, 3.63) is 65.7 Å². The van der Waals surface area contributed by atoms with Crippen molar-refractivity contribution in [2.75, 3.05) is 5.75 Å². The number of amides is 1. The lowest BCUT2D eigenvalue weighted by molar-refractivity contribution is -0.119. The number of carbonyl (C=O) groups is 1. The second kappa shape index (κ2) is 10.1. The fourth-order valence-corrected chi connectivity index (χ4v) is 5.24. The van der Waals surface area contributed by atoms with Gasteiger partial charge in [0.25, 0.3) is 0 Å². The van der Waals surface area contributed by atoms with Gasteiger partial charge in [-0.2, -0.15) is 0 Å². The summed E-state index contributed by atoms with van der Waals surface area (Å²) < 4.78 is 2.28. The first kappa shape index (κ1) is 23.6. The Morgan fingerprint density at radius 3 is 2.36 bits per heavy atom. The van der Waals surface area contributed by atoms with Gasteiger partial charge >= 0.3 is 0 Å². The Kier molecular flexibility index (Phi) is 7.23. The van der Waals surface area contributed by atoms with Crippen LogP contribution in [0.1, 0.15) is 76.6 Å². The lowest BCUT2D eigenvalue weighted by atomic mass is 9.86. The molecule has 1 aliphatic carbocycles. The molecule has 1 aromatic heterocycles. The van der Waals surface area contributed by atoms with Crippen molar-refractivity contribution >= 4 is 17.7 Å². The van der Waals surface area contributed by atoms with E-state index in [1.54, 1.807) is 0 Å². The van der Waals surface area contributed by atoms with E-state index >= 15 is 0 Å². The van der Waals surface area contributed by atoms with Crippen molar-refractivity contribution in [3.63, 3.8) is 0 Å². The van der Waals surface area contributed by atoms with Crippen LogP contribution < -0.4 is 5.32 Å². The van der Waals surface area contributed by atoms with Crippen LogP contribution in [-0.2, 0) is 10.2 Å². The van der Waals surface area contributed by atoms with E-state index in [9.17, 15) is 4.79 Å². The van der Waals surface area contributed by atoms with E-state index in [1.807, 2.05) is 37.3 Å². The second-order valence-corrected chi connectivity index (χ2v) is 10.9. The van der Waals surface area contributed by atoms with E-state index in [2.05, 4.69) is 65.1 Å². The molecule has 0 aliphatic heterocycles. The Labute approximate surface area is 201 Å². The van der Waals surface area contributed by atoms with Crippen molar-refractivity contribution in [1.82, 2.24) is 20.1 Å². The molecule has 1 aliphatic rings. The normalized spacial score (nSPS) is 15.5. The smallest absolute Gasteiger partial charge is 0.230 e. The van der Waals surface area contributed by atoms with Gasteiger partial charge in [-0.1, -0.05) is 100.0 Å². The molecule has 0 bridgehead atoms. The molecule has 1 saturated carbocycles. The maximum atomic E-state index is 12.7. The van der Waals surface area contributed by atoms with Gasteiger partial charge in [-0.05, 0) is 36.3 Å². The Bertz CT molecular complexity index is 1060. The molecule has 1 unspecified atom stereocenters. The molecule has 3 aromatic rings. The predicted octanol–water partition coefficient (Wildman–Crippen LogP) is 6.33. The molecule has 5 nitrogen and oxygen atoms in total. The van der Waals surface area contributed by atoms with Gasteiger partial charge in [-0.15, -0.1) is 10.2 Å². The maximum absolute atomic E-state index is 12.7. The Morgan fingerprint density at radius 1 is 1.06 bits per heavy atom. The summed E-state index contributed by atoms with van der Waals surface area (Å²) in [6, 6.07) is 19.1. The van der Waals surface area contributed by atoms with Gasteiger partial charge in [-0.3, -0.25) is 9.36 Å². The number of rotatable bonds is 7. The Morgan fingerprint density at radius 2 is 1.73 bits per heavy atom. The first-order chi connectivity index (χ1) is 15.8. The molecule has 1 fully saturated rings. The average Bonchev–Trinajstić information content (AvgIpc) is 3.47. The second-order valence-electron chi connectivity index (χ2n) is 9.93. The van der Waals surface area contributed by atoms with E-state index in [0.717, 1.165) is 34.9 Å². The highest BCUT2D eigenvalue weighted by Crippen LogP contribution is 2.37. The quantitative estimate of drug-likeness (QED) is 0.417. The van der Waals surface area contributed by atoms with Crippen LogP contribution in [0, 0.1) is 0 Å². The van der Waals surface area contributed by atoms with Crippen LogP contribution in [0.15, 0.2) is 59.8 Å². The summed E-state index contributed by atoms with van der Waals surface area (Å²) in [5.41, 5.74) is 3.60. The van der Waals surface area contributed by atoms with Gasteiger partial charge in [-0.25, -0.2) is 0 Å². The predicted molar refractivity (Wildman–Crippen MR) is 135 cm³/mol. The summed E-state index contributed by atoms with van der Waals surface area (Å²) in [6.45, 7) is 8.68. The monoisotopic (exact) mass is 462 g/mol. The van der Waals surface area contributed by atoms with Gasteiger partial charge in [0.15, 0.2) is 11.0 Å². The van der Waals surface area contributed by atoms with Crippen LogP contribution >= 0.6 is 11.8 Å². The van der Waals surface area contributed by atoms with Crippen molar-refractivity contribution < 1.29 is 4.79 Å². The molecule has 1 N–H and O–H groups in total. The highest BCUT2D eigenvalue weighted by molar-refractivity contribution is 7.99. The SMILES string of the molecule is CC(NC(=O)CSc1nnc(-c2ccc(C(C)(C)C)cc2)n1C1CCCC1)c1ccccc1. The molecule has 1 heterocycles. The molecule has 0 radical (unpaired) electrons. The molecular formula is C27H34N4OS. The van der Waals surface area contributed by atoms with Crippen LogP contribution in [-0.4, -0.2) is 26.4 Å². The summed E-state index contributed by atoms with van der Waals surface area (Å²) in [6.07, 6.45) is 4.72. The zero-order valence-electron chi connectivity index (χ0n) is 20.0. The highest BCUT2D eigenvalue weighted by atomic mass is 32.2. The first-order valence-electron chi connectivity index (χ1n) is 11.9. The summed E-state index contributed by atoms with van der Waals surface area (Å²) in [5.74, 6) is 1.24. The standard InChI is InChI=1S/C27H34N4OS/c1-19(20-10-6-5-7-11-20)28-24(32)18-33-26-30-29-25(31(26)23-12-8-9-13-23)21-14-16-22(17-15-21)27(2,3)4/h5-7,10-11,14-17,19,23H,8-9,12-13,18H2,1-4H3,(H,28,32). The van der Waals surface area contributed by atoms with Gasteiger partial charge in [0.1, 0.15) is 0 Å². The van der Waals surface area contributed by atoms with E-state index in [-0.39, 0.29) is 17.4 Å². The van der Waals surface area contributed by atoms with Crippen molar-refractivity contribution in [1.29, 1.82) is 0 Å². The number of benzene rings is 2. The molecule has 1 atom stereocenters. The molecule has 6 heteroatoms. The maximum Gasteiger partial charge on any atom is 0.230 e. The molecule has 1 amide bonds. The number of carbonyl (C=O) groups excluding carboxylic acids is 1. The third kappa shape index (κ3) is 5.67. The lowest BCUT2D eigenvalue weighted by Gasteiger charge is -2.20. The highest BCUT2D eigenvalue weighted by Gasteiger charge is 2.26. The van der Waals surface area contributed by atoms with E-state index in [1.165, 1.54) is 30.2 Å². The van der Waals surface area contributed by atoms with Gasteiger partial charge in [0.05, 0.1) is 11.8 Å². The van der Waals surface area contributed by atoms with Gasteiger partial charge < -0.3 is 5.32 Å². The van der Waals surface area contributed by atoms with Crippen LogP contribution in [0.3, 0.4) is 0 Å². The zero-order valence-corrected chi connectivity index (χ0v) is 20.9. The topological polar surface area (TPSA) is 59.8 Å². The summed E-state index contributed by atoms with van der Waals surface area (Å²) >= 11 is 1.48. The lowest BCUT2D eigenvalue weighted by Crippen LogP contribution is -2.28. The largest absolute Gasteiger partial charge is 0.349 e. The van der Waals surface area contributed by atoms with Crippen LogP contribution in [0.4, 0.5) is 0 Å². The van der Waals surface area contributed by atoms with Crippen LogP contribution in [0.2, 0.25) is 0 Å². The molecular weight excluding hydrogens is 428 g/mol. The number of nitrogens with one attached hydrogen (secondary N) is 1. The summed E-state index contributed by atoms with van der Waals surface area (Å²) in [4.78, 5) is 12.7. The summed E-state index contributed by atoms with van der Waals surface area (Å²) in [5, 5.41) is 13.0. The Balaban J connectivity index is 1.50. The van der Waals surface area contributed by atoms with E-state index in [0.29, 0.717) is 11.8 Å². The molecule has 0 saturated heterocycles. The number of aromatic nitrogens is 3. The fourth-order valence-electron chi connectivity index (χ4n) is 4.42. The molecule has 0 spiro atoms. The molecule has 4 rings (SSSR count). The third-order valence-corrected chi connectivity index (χ3v) is 7.32. The number of hydrogen-bond donors (Lipinski definition) is 1. The van der Waals surface area contributed by atoms with Crippen molar-refractivity contribution in [2.45, 2.75) is 76.0 Å². The zero-order chi connectivity index (χ0) is 23.4. The van der Waals surface area contributed by atoms with Gasteiger partial charge in [0.2, 0.25) is 5.91 Å². The minimum absolute atomic E-state index is 0.00778. The van der Waals surface area contributed by atoms with Crippen molar-refractivity contribution in [2.24, 2.45) is 0 Å². The number of hydrogen-bond acceptors (Lipinski definition) is 4. The Hall–Kier alpha value is -2.60. The molecule has 174 valence electrons. The summed E-state index contributed by atoms with van der Waals surface area (Å²) in [7, 11) is 0. The number of nitrogens with zero attached hydrogens (tertiary/aromatic N) is 3. The van der Waals surface area contributed by atoms with Crippen molar-refractivity contribution in [3.8, 4) is 11.4 Å². The number of thioether (sulfide) groups is 1. The minimum atomic E-state index is -0.0242. The molecule has 33 heavy (non-hydrogen) atoms. The third-order valence-electron chi connectivity index (χ3n) is 6.37. The van der Waals surface area contributed by atoms with E-state index in [4.69, 9.17) is 0 Å². The first-order valence-corrected chi connectivity index (χ1v) is 12.8. The van der Waals surface area contributed by atoms with Crippen LogP contribution in [0.25, 0.3) is 11.4 Å². The van der Waals surface area contributed by atoms with Crippen LogP contribution in [0.5, 0.6) is 0 Å².